The molecule has 2 rings (SSSR count). The van der Waals surface area contributed by atoms with Crippen LogP contribution in [0.5, 0.6) is 0 Å². The molecule has 0 aliphatic carbocycles. The molecular formula is C14H20N4O. The Morgan fingerprint density at radius 3 is 3.05 bits per heavy atom. The minimum Gasteiger partial charge on any atom is -0.383 e. The first-order valence-corrected chi connectivity index (χ1v) is 6.39. The smallest absolute Gasteiger partial charge is 0.0953 e. The highest BCUT2D eigenvalue weighted by atomic mass is 16.5. The number of rotatable bonds is 7. The Balaban J connectivity index is 1.87. The van der Waals surface area contributed by atoms with Crippen molar-refractivity contribution in [1.82, 2.24) is 19.9 Å². The number of nitrogens with one attached hydrogen (secondary N) is 1. The summed E-state index contributed by atoms with van der Waals surface area (Å²) in [5.74, 6) is 0. The fourth-order valence-corrected chi connectivity index (χ4v) is 1.89. The van der Waals surface area contributed by atoms with E-state index in [0.717, 1.165) is 31.9 Å². The van der Waals surface area contributed by atoms with Gasteiger partial charge in [-0.25, -0.2) is 4.98 Å². The van der Waals surface area contributed by atoms with Crippen molar-refractivity contribution < 1.29 is 4.74 Å². The van der Waals surface area contributed by atoms with Crippen LogP contribution in [0.3, 0.4) is 0 Å². The van der Waals surface area contributed by atoms with Crippen LogP contribution in [-0.4, -0.2) is 34.8 Å². The van der Waals surface area contributed by atoms with E-state index < -0.39 is 0 Å². The van der Waals surface area contributed by atoms with Gasteiger partial charge in [-0.3, -0.25) is 4.98 Å². The topological polar surface area (TPSA) is 52.0 Å². The van der Waals surface area contributed by atoms with Crippen molar-refractivity contribution in [1.29, 1.82) is 0 Å². The largest absolute Gasteiger partial charge is 0.383 e. The van der Waals surface area contributed by atoms with E-state index in [-0.39, 0.29) is 0 Å². The van der Waals surface area contributed by atoms with E-state index in [4.69, 9.17) is 4.74 Å². The highest BCUT2D eigenvalue weighted by molar-refractivity contribution is 5.17. The van der Waals surface area contributed by atoms with Crippen molar-refractivity contribution in [3.63, 3.8) is 0 Å². The Morgan fingerprint density at radius 1 is 1.37 bits per heavy atom. The van der Waals surface area contributed by atoms with Crippen LogP contribution in [0.4, 0.5) is 0 Å². The maximum absolute atomic E-state index is 4.98. The molecule has 0 saturated heterocycles. The Morgan fingerprint density at radius 2 is 2.26 bits per heavy atom. The van der Waals surface area contributed by atoms with Gasteiger partial charge in [-0.15, -0.1) is 0 Å². The average Bonchev–Trinajstić information content (AvgIpc) is 2.82. The van der Waals surface area contributed by atoms with Crippen molar-refractivity contribution in [2.45, 2.75) is 20.0 Å². The molecule has 0 unspecified atom stereocenters. The third kappa shape index (κ3) is 4.46. The molecule has 2 aromatic rings. The first-order valence-electron chi connectivity index (χ1n) is 6.39. The molecule has 0 spiro atoms. The molecule has 0 radical (unpaired) electrons. The van der Waals surface area contributed by atoms with Gasteiger partial charge < -0.3 is 14.6 Å². The minimum absolute atomic E-state index is 0.718. The monoisotopic (exact) mass is 260 g/mol. The number of aryl methyl sites for hydroxylation is 1. The Hall–Kier alpha value is -1.72. The molecule has 0 saturated carbocycles. The van der Waals surface area contributed by atoms with Crippen molar-refractivity contribution in [3.05, 3.63) is 47.8 Å². The predicted molar refractivity (Wildman–Crippen MR) is 73.9 cm³/mol. The number of imidazole rings is 1. The molecule has 0 aliphatic heterocycles. The number of pyridine rings is 1. The van der Waals surface area contributed by atoms with Crippen LogP contribution in [0.25, 0.3) is 0 Å². The summed E-state index contributed by atoms with van der Waals surface area (Å²) in [7, 11) is 1.70. The van der Waals surface area contributed by atoms with Crippen molar-refractivity contribution in [2.75, 3.05) is 20.3 Å². The van der Waals surface area contributed by atoms with Crippen molar-refractivity contribution in [3.8, 4) is 0 Å². The fraction of sp³-hybridized carbons (Fsp3) is 0.429. The first-order chi connectivity index (χ1) is 9.28. The maximum Gasteiger partial charge on any atom is 0.0953 e. The summed E-state index contributed by atoms with van der Waals surface area (Å²) >= 11 is 0. The normalized spacial score (nSPS) is 10.8. The standard InChI is InChI=1S/C14H20N4O/c1-12-5-13(7-16-6-12)9-18-10-14(17-11-18)8-15-3-4-19-2/h5-7,10-11,15H,3-4,8-9H2,1-2H3. The summed E-state index contributed by atoms with van der Waals surface area (Å²) in [4.78, 5) is 8.57. The molecule has 0 bridgehead atoms. The number of aromatic nitrogens is 3. The van der Waals surface area contributed by atoms with Crippen LogP contribution in [0.1, 0.15) is 16.8 Å². The molecular weight excluding hydrogens is 240 g/mol. The summed E-state index contributed by atoms with van der Waals surface area (Å²) in [5.41, 5.74) is 3.41. The van der Waals surface area contributed by atoms with Crippen LogP contribution in [0.2, 0.25) is 0 Å². The fourth-order valence-electron chi connectivity index (χ4n) is 1.89. The van der Waals surface area contributed by atoms with Gasteiger partial charge in [0.25, 0.3) is 0 Å². The lowest BCUT2D eigenvalue weighted by atomic mass is 10.2. The number of methoxy groups -OCH3 is 1. The van der Waals surface area contributed by atoms with E-state index in [1.165, 1.54) is 11.1 Å². The van der Waals surface area contributed by atoms with Crippen LogP contribution in [0, 0.1) is 6.92 Å². The Labute approximate surface area is 113 Å². The lowest BCUT2D eigenvalue weighted by Crippen LogP contribution is -2.18. The summed E-state index contributed by atoms with van der Waals surface area (Å²) in [5, 5.41) is 3.28. The van der Waals surface area contributed by atoms with Crippen molar-refractivity contribution in [2.24, 2.45) is 0 Å². The zero-order chi connectivity index (χ0) is 13.5. The predicted octanol–water partition coefficient (Wildman–Crippen LogP) is 1.37. The van der Waals surface area contributed by atoms with Gasteiger partial charge in [0.05, 0.1) is 25.2 Å². The molecule has 0 amide bonds. The molecule has 0 aliphatic rings. The van der Waals surface area contributed by atoms with Crippen LogP contribution >= 0.6 is 0 Å². The van der Waals surface area contributed by atoms with E-state index in [0.29, 0.717) is 0 Å². The van der Waals surface area contributed by atoms with E-state index >= 15 is 0 Å². The molecule has 2 heterocycles. The number of hydrogen-bond acceptors (Lipinski definition) is 4. The van der Waals surface area contributed by atoms with E-state index in [1.807, 2.05) is 18.7 Å². The Kier molecular flexibility index (Phi) is 5.06. The Bertz CT molecular complexity index is 510. The number of ether oxygens (including phenoxy) is 1. The molecule has 0 aromatic carbocycles. The van der Waals surface area contributed by atoms with E-state index in [2.05, 4.69) is 39.0 Å². The second-order valence-electron chi connectivity index (χ2n) is 4.58. The van der Waals surface area contributed by atoms with Crippen LogP contribution < -0.4 is 5.32 Å². The van der Waals surface area contributed by atoms with E-state index in [1.54, 1.807) is 7.11 Å². The molecule has 102 valence electrons. The van der Waals surface area contributed by atoms with Gasteiger partial charge in [0.15, 0.2) is 0 Å². The summed E-state index contributed by atoms with van der Waals surface area (Å²) in [6.07, 6.45) is 7.67. The van der Waals surface area contributed by atoms with Gasteiger partial charge in [-0.2, -0.15) is 0 Å². The lowest BCUT2D eigenvalue weighted by Gasteiger charge is -2.03. The zero-order valence-electron chi connectivity index (χ0n) is 11.5. The molecule has 5 heteroatoms. The summed E-state index contributed by atoms with van der Waals surface area (Å²) in [6.45, 7) is 5.18. The second kappa shape index (κ2) is 7.01. The van der Waals surface area contributed by atoms with Gasteiger partial charge in [0.1, 0.15) is 0 Å². The summed E-state index contributed by atoms with van der Waals surface area (Å²) < 4.78 is 7.05. The van der Waals surface area contributed by atoms with Gasteiger partial charge in [-0.05, 0) is 18.1 Å². The average molecular weight is 260 g/mol. The van der Waals surface area contributed by atoms with Crippen molar-refractivity contribution >= 4 is 0 Å². The van der Waals surface area contributed by atoms with Gasteiger partial charge in [0, 0.05) is 38.8 Å². The number of nitrogens with zero attached hydrogens (tertiary/aromatic N) is 3. The quantitative estimate of drug-likeness (QED) is 0.764. The highest BCUT2D eigenvalue weighted by Gasteiger charge is 2.00. The second-order valence-corrected chi connectivity index (χ2v) is 4.58. The van der Waals surface area contributed by atoms with Crippen LogP contribution in [-0.2, 0) is 17.8 Å². The maximum atomic E-state index is 4.98. The highest BCUT2D eigenvalue weighted by Crippen LogP contribution is 2.05. The van der Waals surface area contributed by atoms with Gasteiger partial charge in [-0.1, -0.05) is 6.07 Å². The molecule has 2 aromatic heterocycles. The van der Waals surface area contributed by atoms with E-state index in [9.17, 15) is 0 Å². The minimum atomic E-state index is 0.718. The zero-order valence-corrected chi connectivity index (χ0v) is 11.5. The lowest BCUT2D eigenvalue weighted by molar-refractivity contribution is 0.199. The third-order valence-corrected chi connectivity index (χ3v) is 2.77. The van der Waals surface area contributed by atoms with Gasteiger partial charge >= 0.3 is 0 Å². The van der Waals surface area contributed by atoms with Crippen LogP contribution in [0.15, 0.2) is 31.0 Å². The molecule has 0 fully saturated rings. The number of hydrogen-bond donors (Lipinski definition) is 1. The van der Waals surface area contributed by atoms with Gasteiger partial charge in [0.2, 0.25) is 0 Å². The SMILES string of the molecule is COCCNCc1cn(Cc2cncc(C)c2)cn1. The molecule has 19 heavy (non-hydrogen) atoms. The summed E-state index contributed by atoms with van der Waals surface area (Å²) in [6, 6.07) is 2.14. The first kappa shape index (κ1) is 13.7. The molecule has 0 atom stereocenters. The third-order valence-electron chi connectivity index (χ3n) is 2.77. The molecule has 5 nitrogen and oxygen atoms in total. The molecule has 1 N–H and O–H groups in total.